The van der Waals surface area contributed by atoms with Gasteiger partial charge in [0.2, 0.25) is 0 Å². The summed E-state index contributed by atoms with van der Waals surface area (Å²) in [5.74, 6) is -2.59. The largest absolute Gasteiger partial charge is 0.493 e. The SMILES string of the molecule is CCCn1c2c(c(=O)[nH]c1=O)N(CC=C(C)C)C(N1CCNCC1)N2OC(=O)C(F)(F)F. The standard InChI is InChI=1S/C19H27F3N6O4/c1-4-8-27-15-13(14(29)24-17(27)31)26(9-5-12(2)3)18(25-10-6-23-7-11-25)28(15)32-16(30)19(20,21)22/h5,18,23H,4,6-11H2,1-3H3,(H,24,29,31). The number of piperazine rings is 1. The maximum Gasteiger partial charge on any atom is 0.493 e. The van der Waals surface area contributed by atoms with E-state index in [1.807, 2.05) is 19.9 Å². The van der Waals surface area contributed by atoms with Crippen molar-refractivity contribution in [1.82, 2.24) is 19.8 Å². The van der Waals surface area contributed by atoms with E-state index in [1.165, 1.54) is 0 Å². The summed E-state index contributed by atoms with van der Waals surface area (Å²) in [5.41, 5.74) is -0.638. The first-order valence-corrected chi connectivity index (χ1v) is 10.4. The van der Waals surface area contributed by atoms with Crippen LogP contribution >= 0.6 is 0 Å². The van der Waals surface area contributed by atoms with E-state index in [4.69, 9.17) is 4.84 Å². The topological polar surface area (TPSA) is 103 Å². The lowest BCUT2D eigenvalue weighted by molar-refractivity contribution is -0.203. The lowest BCUT2D eigenvalue weighted by Crippen LogP contribution is -2.61. The van der Waals surface area contributed by atoms with Crippen molar-refractivity contribution in [2.24, 2.45) is 0 Å². The number of alkyl halides is 3. The minimum absolute atomic E-state index is 0.0194. The number of aromatic amines is 1. The molecule has 3 rings (SSSR count). The summed E-state index contributed by atoms with van der Waals surface area (Å²) >= 11 is 0. The number of nitrogens with one attached hydrogen (secondary N) is 2. The molecule has 178 valence electrons. The minimum Gasteiger partial charge on any atom is -0.327 e. The second-order valence-electron chi connectivity index (χ2n) is 7.85. The van der Waals surface area contributed by atoms with Gasteiger partial charge in [-0.2, -0.15) is 13.2 Å². The van der Waals surface area contributed by atoms with Gasteiger partial charge in [-0.15, -0.1) is 5.06 Å². The number of fused-ring (bicyclic) bond motifs is 1. The minimum atomic E-state index is -5.25. The number of aromatic nitrogens is 2. The van der Waals surface area contributed by atoms with Gasteiger partial charge in [0, 0.05) is 39.3 Å². The molecular weight excluding hydrogens is 433 g/mol. The number of nitrogens with zero attached hydrogens (tertiary/aromatic N) is 4. The first-order chi connectivity index (χ1) is 15.1. The Kier molecular flexibility index (Phi) is 6.98. The van der Waals surface area contributed by atoms with Gasteiger partial charge in [0.05, 0.1) is 0 Å². The van der Waals surface area contributed by atoms with E-state index in [2.05, 4.69) is 10.3 Å². The molecule has 13 heteroatoms. The summed E-state index contributed by atoms with van der Waals surface area (Å²) < 4.78 is 40.5. The van der Waals surface area contributed by atoms with Gasteiger partial charge in [-0.05, 0) is 20.3 Å². The quantitative estimate of drug-likeness (QED) is 0.600. The Morgan fingerprint density at radius 2 is 1.88 bits per heavy atom. The van der Waals surface area contributed by atoms with Crippen LogP contribution in [-0.2, 0) is 16.2 Å². The molecule has 0 aliphatic carbocycles. The van der Waals surface area contributed by atoms with Gasteiger partial charge >= 0.3 is 17.8 Å². The van der Waals surface area contributed by atoms with Gasteiger partial charge in [-0.25, -0.2) is 9.59 Å². The van der Waals surface area contributed by atoms with Crippen LogP contribution in [0.4, 0.5) is 24.7 Å². The molecule has 1 saturated heterocycles. The molecule has 0 aromatic carbocycles. The molecule has 0 bridgehead atoms. The molecule has 0 radical (unpaired) electrons. The molecule has 1 fully saturated rings. The number of carbonyl (C=O) groups excluding carboxylic acids is 1. The van der Waals surface area contributed by atoms with Gasteiger partial charge in [-0.3, -0.25) is 19.2 Å². The summed E-state index contributed by atoms with van der Waals surface area (Å²) in [6, 6.07) is 0. The van der Waals surface area contributed by atoms with Crippen LogP contribution in [0.2, 0.25) is 0 Å². The second-order valence-corrected chi connectivity index (χ2v) is 7.85. The number of hydrogen-bond acceptors (Lipinski definition) is 8. The maximum absolute atomic E-state index is 13.1. The first-order valence-electron chi connectivity index (χ1n) is 10.4. The smallest absolute Gasteiger partial charge is 0.327 e. The predicted octanol–water partition coefficient (Wildman–Crippen LogP) is 0.748. The molecule has 3 heterocycles. The lowest BCUT2D eigenvalue weighted by atomic mass is 10.3. The Morgan fingerprint density at radius 1 is 1.22 bits per heavy atom. The van der Waals surface area contributed by atoms with E-state index in [0.29, 0.717) is 32.6 Å². The van der Waals surface area contributed by atoms with Crippen molar-refractivity contribution in [2.75, 3.05) is 42.7 Å². The molecule has 1 aromatic rings. The van der Waals surface area contributed by atoms with Gasteiger partial charge in [0.15, 0.2) is 17.8 Å². The zero-order valence-corrected chi connectivity index (χ0v) is 18.2. The molecule has 2 aliphatic rings. The number of allylic oxidation sites excluding steroid dienone is 1. The van der Waals surface area contributed by atoms with Crippen LogP contribution in [0.3, 0.4) is 0 Å². The van der Waals surface area contributed by atoms with Crippen molar-refractivity contribution >= 4 is 17.5 Å². The Bertz CT molecular complexity index is 992. The summed E-state index contributed by atoms with van der Waals surface area (Å²) in [7, 11) is 0. The molecule has 0 amide bonds. The fraction of sp³-hybridized carbons (Fsp3) is 0.632. The molecule has 32 heavy (non-hydrogen) atoms. The van der Waals surface area contributed by atoms with Crippen molar-refractivity contribution in [3.8, 4) is 0 Å². The van der Waals surface area contributed by atoms with Crippen LogP contribution in [0.1, 0.15) is 27.2 Å². The van der Waals surface area contributed by atoms with Crippen LogP contribution in [-0.4, -0.2) is 65.6 Å². The summed E-state index contributed by atoms with van der Waals surface area (Å²) in [4.78, 5) is 47.7. The van der Waals surface area contributed by atoms with Crippen molar-refractivity contribution in [3.63, 3.8) is 0 Å². The molecule has 2 N–H and O–H groups in total. The molecular formula is C19H27F3N6O4. The molecule has 1 atom stereocenters. The van der Waals surface area contributed by atoms with E-state index in [-0.39, 0.29) is 24.6 Å². The predicted molar refractivity (Wildman–Crippen MR) is 111 cm³/mol. The summed E-state index contributed by atoms with van der Waals surface area (Å²) in [6.45, 7) is 7.73. The maximum atomic E-state index is 13.1. The number of hydrogen-bond donors (Lipinski definition) is 2. The number of rotatable bonds is 6. The molecule has 1 aromatic heterocycles. The van der Waals surface area contributed by atoms with Crippen LogP contribution in [0.5, 0.6) is 0 Å². The number of anilines is 2. The third kappa shape index (κ3) is 4.67. The van der Waals surface area contributed by atoms with Crippen LogP contribution in [0.15, 0.2) is 21.2 Å². The average Bonchev–Trinajstić information content (AvgIpc) is 3.03. The van der Waals surface area contributed by atoms with E-state index in [0.717, 1.165) is 15.2 Å². The normalized spacial score (nSPS) is 19.1. The Labute approximate surface area is 182 Å². The summed E-state index contributed by atoms with van der Waals surface area (Å²) in [5, 5.41) is 3.92. The molecule has 0 spiro atoms. The molecule has 0 saturated carbocycles. The summed E-state index contributed by atoms with van der Waals surface area (Å²) in [6.07, 6.45) is -4.01. The monoisotopic (exact) mass is 460 g/mol. The van der Waals surface area contributed by atoms with Gasteiger partial charge in [0.1, 0.15) is 0 Å². The van der Waals surface area contributed by atoms with E-state index >= 15 is 0 Å². The number of H-pyrrole nitrogens is 1. The third-order valence-electron chi connectivity index (χ3n) is 5.17. The fourth-order valence-corrected chi connectivity index (χ4v) is 3.77. The molecule has 2 aliphatic heterocycles. The van der Waals surface area contributed by atoms with Gasteiger partial charge in [-0.1, -0.05) is 18.6 Å². The Morgan fingerprint density at radius 3 is 2.44 bits per heavy atom. The number of halogens is 3. The Balaban J connectivity index is 2.23. The van der Waals surface area contributed by atoms with Gasteiger partial charge in [0.25, 0.3) is 5.56 Å². The van der Waals surface area contributed by atoms with Crippen molar-refractivity contribution in [3.05, 3.63) is 32.5 Å². The lowest BCUT2D eigenvalue weighted by Gasteiger charge is -2.40. The van der Waals surface area contributed by atoms with E-state index in [1.54, 1.807) is 16.7 Å². The highest BCUT2D eigenvalue weighted by Gasteiger charge is 2.50. The number of carbonyl (C=O) groups is 1. The highest BCUT2D eigenvalue weighted by molar-refractivity contribution is 5.80. The van der Waals surface area contributed by atoms with Crippen LogP contribution < -0.4 is 26.5 Å². The zero-order chi connectivity index (χ0) is 23.6. The van der Waals surface area contributed by atoms with Gasteiger partial charge < -0.3 is 15.1 Å². The van der Waals surface area contributed by atoms with E-state index in [9.17, 15) is 27.6 Å². The average molecular weight is 460 g/mol. The first kappa shape index (κ1) is 23.9. The van der Waals surface area contributed by atoms with Crippen molar-refractivity contribution in [2.45, 2.75) is 46.2 Å². The van der Waals surface area contributed by atoms with E-state index < -0.39 is 29.7 Å². The zero-order valence-electron chi connectivity index (χ0n) is 18.2. The number of hydroxylamine groups is 1. The Hall–Kier alpha value is -2.80. The third-order valence-corrected chi connectivity index (χ3v) is 5.17. The van der Waals surface area contributed by atoms with Crippen molar-refractivity contribution in [1.29, 1.82) is 0 Å². The molecule has 1 unspecified atom stereocenters. The van der Waals surface area contributed by atoms with Crippen LogP contribution in [0, 0.1) is 0 Å². The highest BCUT2D eigenvalue weighted by atomic mass is 19.4. The van der Waals surface area contributed by atoms with Crippen LogP contribution in [0.25, 0.3) is 0 Å². The second kappa shape index (κ2) is 9.36. The van der Waals surface area contributed by atoms with Crippen molar-refractivity contribution < 1.29 is 22.8 Å². The molecule has 10 nitrogen and oxygen atoms in total. The fourth-order valence-electron chi connectivity index (χ4n) is 3.77. The highest BCUT2D eigenvalue weighted by Crippen LogP contribution is 2.38.